The minimum atomic E-state index is -0.306. The topological polar surface area (TPSA) is 26.3 Å². The van der Waals surface area contributed by atoms with Crippen LogP contribution < -0.4 is 0 Å². The van der Waals surface area contributed by atoms with E-state index in [4.69, 9.17) is 4.74 Å². The standard InChI is InChI=1S/C8H8O2/c1-2-4-7-5-3-6-8(9)10-7/h2-4,6H,1,5H2/b7-4-. The van der Waals surface area contributed by atoms with E-state index in [9.17, 15) is 4.79 Å². The van der Waals surface area contributed by atoms with Crippen molar-refractivity contribution in [2.45, 2.75) is 6.42 Å². The fraction of sp³-hybridized carbons (Fsp3) is 0.125. The van der Waals surface area contributed by atoms with Gasteiger partial charge in [0.15, 0.2) is 0 Å². The molecule has 10 heavy (non-hydrogen) atoms. The number of allylic oxidation sites excluding steroid dienone is 3. The first-order valence-corrected chi connectivity index (χ1v) is 3.03. The maximum Gasteiger partial charge on any atom is 0.335 e. The molecule has 0 aromatic carbocycles. The van der Waals surface area contributed by atoms with Crippen LogP contribution in [0, 0.1) is 0 Å². The van der Waals surface area contributed by atoms with E-state index >= 15 is 0 Å². The number of hydrogen-bond donors (Lipinski definition) is 0. The van der Waals surface area contributed by atoms with E-state index < -0.39 is 0 Å². The number of carbonyl (C=O) groups excluding carboxylic acids is 1. The van der Waals surface area contributed by atoms with Crippen LogP contribution in [0.4, 0.5) is 0 Å². The van der Waals surface area contributed by atoms with Crippen molar-refractivity contribution in [3.63, 3.8) is 0 Å². The highest BCUT2D eigenvalue weighted by atomic mass is 16.5. The summed E-state index contributed by atoms with van der Waals surface area (Å²) in [6, 6.07) is 0. The highest BCUT2D eigenvalue weighted by Gasteiger charge is 2.06. The molecule has 1 aliphatic heterocycles. The largest absolute Gasteiger partial charge is 0.428 e. The fourth-order valence-electron chi connectivity index (χ4n) is 0.710. The molecule has 0 bridgehead atoms. The van der Waals surface area contributed by atoms with Gasteiger partial charge in [0.05, 0.1) is 0 Å². The predicted molar refractivity (Wildman–Crippen MR) is 38.1 cm³/mol. The number of cyclic esters (lactones) is 1. The van der Waals surface area contributed by atoms with Gasteiger partial charge in [-0.05, 0) is 6.08 Å². The zero-order valence-corrected chi connectivity index (χ0v) is 5.54. The van der Waals surface area contributed by atoms with Crippen LogP contribution in [0.15, 0.2) is 36.6 Å². The first-order valence-electron chi connectivity index (χ1n) is 3.03. The third-order valence-electron chi connectivity index (χ3n) is 1.11. The van der Waals surface area contributed by atoms with Crippen LogP contribution in [0.3, 0.4) is 0 Å². The normalized spacial score (nSPS) is 20.8. The Morgan fingerprint density at radius 1 is 1.70 bits per heavy atom. The molecule has 1 heterocycles. The van der Waals surface area contributed by atoms with Crippen LogP contribution in [0.5, 0.6) is 0 Å². The molecule has 0 aliphatic carbocycles. The van der Waals surface area contributed by atoms with Crippen LogP contribution in [-0.4, -0.2) is 5.97 Å². The van der Waals surface area contributed by atoms with Gasteiger partial charge in [-0.15, -0.1) is 0 Å². The van der Waals surface area contributed by atoms with Gasteiger partial charge in [0, 0.05) is 12.5 Å². The Labute approximate surface area is 59.5 Å². The van der Waals surface area contributed by atoms with Gasteiger partial charge < -0.3 is 4.74 Å². The van der Waals surface area contributed by atoms with Gasteiger partial charge in [0.25, 0.3) is 0 Å². The lowest BCUT2D eigenvalue weighted by Crippen LogP contribution is -2.04. The molecule has 1 aliphatic rings. The van der Waals surface area contributed by atoms with Gasteiger partial charge in [-0.2, -0.15) is 0 Å². The van der Waals surface area contributed by atoms with Crippen LogP contribution in [0.1, 0.15) is 6.42 Å². The van der Waals surface area contributed by atoms with Gasteiger partial charge in [0.2, 0.25) is 0 Å². The molecule has 0 saturated heterocycles. The van der Waals surface area contributed by atoms with Crippen molar-refractivity contribution in [3.05, 3.63) is 36.6 Å². The van der Waals surface area contributed by atoms with Crippen molar-refractivity contribution < 1.29 is 9.53 Å². The molecular formula is C8H8O2. The third kappa shape index (κ3) is 1.58. The molecule has 0 fully saturated rings. The van der Waals surface area contributed by atoms with E-state index in [1.807, 2.05) is 0 Å². The first kappa shape index (κ1) is 6.81. The van der Waals surface area contributed by atoms with E-state index in [-0.39, 0.29) is 5.97 Å². The zero-order chi connectivity index (χ0) is 7.40. The Kier molecular flexibility index (Phi) is 2.05. The maximum absolute atomic E-state index is 10.6. The van der Waals surface area contributed by atoms with Gasteiger partial charge >= 0.3 is 5.97 Å². The van der Waals surface area contributed by atoms with E-state index in [1.165, 1.54) is 6.08 Å². The summed E-state index contributed by atoms with van der Waals surface area (Å²) in [5, 5.41) is 0. The van der Waals surface area contributed by atoms with E-state index in [1.54, 1.807) is 18.2 Å². The summed E-state index contributed by atoms with van der Waals surface area (Å²) < 4.78 is 4.79. The smallest absolute Gasteiger partial charge is 0.335 e. The lowest BCUT2D eigenvalue weighted by Gasteiger charge is -2.07. The summed E-state index contributed by atoms with van der Waals surface area (Å²) in [6.45, 7) is 3.49. The van der Waals surface area contributed by atoms with Crippen LogP contribution in [-0.2, 0) is 9.53 Å². The van der Waals surface area contributed by atoms with Crippen LogP contribution in [0.2, 0.25) is 0 Å². The molecule has 0 radical (unpaired) electrons. The Morgan fingerprint density at radius 2 is 2.50 bits per heavy atom. The summed E-state index contributed by atoms with van der Waals surface area (Å²) in [5.74, 6) is 0.349. The lowest BCUT2D eigenvalue weighted by molar-refractivity contribution is -0.134. The highest BCUT2D eigenvalue weighted by molar-refractivity contribution is 5.83. The summed E-state index contributed by atoms with van der Waals surface area (Å²) in [6.07, 6.45) is 7.14. The molecule has 2 heteroatoms. The van der Waals surface area contributed by atoms with Crippen molar-refractivity contribution in [1.82, 2.24) is 0 Å². The third-order valence-corrected chi connectivity index (χ3v) is 1.11. The van der Waals surface area contributed by atoms with E-state index in [0.717, 1.165) is 0 Å². The zero-order valence-electron chi connectivity index (χ0n) is 5.54. The van der Waals surface area contributed by atoms with E-state index in [2.05, 4.69) is 6.58 Å². The second kappa shape index (κ2) is 3.01. The molecule has 52 valence electrons. The molecule has 0 atom stereocenters. The van der Waals surface area contributed by atoms with Gasteiger partial charge in [-0.25, -0.2) is 4.79 Å². The van der Waals surface area contributed by atoms with Gasteiger partial charge in [0.1, 0.15) is 5.76 Å². The minimum absolute atomic E-state index is 0.306. The number of hydrogen-bond acceptors (Lipinski definition) is 2. The van der Waals surface area contributed by atoms with Gasteiger partial charge in [-0.1, -0.05) is 18.7 Å². The molecule has 0 aromatic heterocycles. The predicted octanol–water partition coefficient (Wildman–Crippen LogP) is 1.56. The SMILES string of the molecule is C=C/C=C1/CC=CC(=O)O1. The number of ether oxygens (including phenoxy) is 1. The Morgan fingerprint density at radius 3 is 3.10 bits per heavy atom. The quantitative estimate of drug-likeness (QED) is 0.511. The van der Waals surface area contributed by atoms with E-state index in [0.29, 0.717) is 12.2 Å². The summed E-state index contributed by atoms with van der Waals surface area (Å²) in [5.41, 5.74) is 0. The number of carbonyl (C=O) groups is 1. The number of rotatable bonds is 1. The van der Waals surface area contributed by atoms with Crippen molar-refractivity contribution in [1.29, 1.82) is 0 Å². The highest BCUT2D eigenvalue weighted by Crippen LogP contribution is 2.10. The molecule has 0 N–H and O–H groups in total. The Bertz CT molecular complexity index is 211. The maximum atomic E-state index is 10.6. The molecule has 0 unspecified atom stereocenters. The van der Waals surface area contributed by atoms with Crippen molar-refractivity contribution in [3.8, 4) is 0 Å². The fourth-order valence-corrected chi connectivity index (χ4v) is 0.710. The minimum Gasteiger partial charge on any atom is -0.428 e. The summed E-state index contributed by atoms with van der Waals surface area (Å²) >= 11 is 0. The summed E-state index contributed by atoms with van der Waals surface area (Å²) in [4.78, 5) is 10.6. The second-order valence-electron chi connectivity index (χ2n) is 1.90. The average molecular weight is 136 g/mol. The number of esters is 1. The molecular weight excluding hydrogens is 128 g/mol. The van der Waals surface area contributed by atoms with Crippen molar-refractivity contribution in [2.24, 2.45) is 0 Å². The lowest BCUT2D eigenvalue weighted by atomic mass is 10.2. The summed E-state index contributed by atoms with van der Waals surface area (Å²) in [7, 11) is 0. The molecule has 0 saturated carbocycles. The molecule has 0 spiro atoms. The van der Waals surface area contributed by atoms with Crippen LogP contribution >= 0.6 is 0 Å². The van der Waals surface area contributed by atoms with Crippen molar-refractivity contribution >= 4 is 5.97 Å². The molecule has 2 nitrogen and oxygen atoms in total. The molecule has 0 amide bonds. The monoisotopic (exact) mass is 136 g/mol. The average Bonchev–Trinajstić information content (AvgIpc) is 1.88. The van der Waals surface area contributed by atoms with Gasteiger partial charge in [-0.3, -0.25) is 0 Å². The molecule has 1 rings (SSSR count). The Hall–Kier alpha value is -1.31. The van der Waals surface area contributed by atoms with Crippen molar-refractivity contribution in [2.75, 3.05) is 0 Å². The van der Waals surface area contributed by atoms with Crippen LogP contribution in [0.25, 0.3) is 0 Å². The second-order valence-corrected chi connectivity index (χ2v) is 1.90. The first-order chi connectivity index (χ1) is 4.83. The molecule has 0 aromatic rings. The Balaban J connectivity index is 2.68.